The predicted octanol–water partition coefficient (Wildman–Crippen LogP) is 4.84. The summed E-state index contributed by atoms with van der Waals surface area (Å²) in [6, 6.07) is 29.1. The van der Waals surface area contributed by atoms with Crippen LogP contribution in [0.5, 0.6) is 23.0 Å². The number of ether oxygens (including phenoxy) is 3. The number of benzene rings is 4. The molecule has 0 aliphatic carbocycles. The molecule has 0 radical (unpaired) electrons. The maximum absolute atomic E-state index is 13.6. The second-order valence-electron chi connectivity index (χ2n) is 8.14. The number of sulfonamides is 1. The third-order valence-corrected chi connectivity index (χ3v) is 7.31. The van der Waals surface area contributed by atoms with Gasteiger partial charge in [-0.15, -0.1) is 0 Å². The number of carbonyl (C=O) groups excluding carboxylic acids is 1. The Kier molecular flexibility index (Phi) is 8.80. The number of hydrazone groups is 1. The van der Waals surface area contributed by atoms with Crippen molar-refractivity contribution >= 4 is 27.8 Å². The molecule has 0 unspecified atom stereocenters. The molecule has 10 heteroatoms. The van der Waals surface area contributed by atoms with Crippen LogP contribution in [0.2, 0.25) is 0 Å². The van der Waals surface area contributed by atoms with Gasteiger partial charge < -0.3 is 14.2 Å². The predicted molar refractivity (Wildman–Crippen MR) is 149 cm³/mol. The van der Waals surface area contributed by atoms with Crippen molar-refractivity contribution < 1.29 is 27.4 Å². The van der Waals surface area contributed by atoms with Gasteiger partial charge in [0.1, 0.15) is 18.0 Å². The molecule has 0 saturated carbocycles. The molecule has 4 aromatic rings. The van der Waals surface area contributed by atoms with E-state index in [1.54, 1.807) is 54.6 Å². The summed E-state index contributed by atoms with van der Waals surface area (Å²) in [5.41, 5.74) is 3.43. The average molecular weight is 546 g/mol. The third kappa shape index (κ3) is 6.93. The van der Waals surface area contributed by atoms with Gasteiger partial charge in [0.2, 0.25) is 0 Å². The van der Waals surface area contributed by atoms with Crippen LogP contribution >= 0.6 is 0 Å². The minimum Gasteiger partial charge on any atom is -0.493 e. The zero-order chi connectivity index (χ0) is 27.7. The number of anilines is 1. The summed E-state index contributed by atoms with van der Waals surface area (Å²) in [7, 11) is -1.27. The van der Waals surface area contributed by atoms with Gasteiger partial charge in [0, 0.05) is 6.07 Å². The molecule has 0 atom stereocenters. The largest absolute Gasteiger partial charge is 0.493 e. The Morgan fingerprint density at radius 2 is 1.44 bits per heavy atom. The summed E-state index contributed by atoms with van der Waals surface area (Å²) in [6.07, 6.45) is 1.46. The highest BCUT2D eigenvalue weighted by molar-refractivity contribution is 7.92. The molecule has 0 aromatic heterocycles. The van der Waals surface area contributed by atoms with Crippen LogP contribution in [-0.2, 0) is 14.8 Å². The highest BCUT2D eigenvalue weighted by atomic mass is 32.2. The normalized spacial score (nSPS) is 11.1. The van der Waals surface area contributed by atoms with Gasteiger partial charge in [-0.1, -0.05) is 36.4 Å². The lowest BCUT2D eigenvalue weighted by Crippen LogP contribution is -2.39. The molecule has 1 N–H and O–H groups in total. The average Bonchev–Trinajstić information content (AvgIpc) is 2.97. The fraction of sp³-hybridized carbons (Fsp3) is 0.103. The maximum atomic E-state index is 13.6. The number of carbonyl (C=O) groups is 1. The highest BCUT2D eigenvalue weighted by Crippen LogP contribution is 2.32. The number of para-hydroxylation sites is 2. The molecule has 0 aliphatic heterocycles. The third-order valence-electron chi connectivity index (χ3n) is 5.54. The highest BCUT2D eigenvalue weighted by Gasteiger charge is 2.28. The molecular weight excluding hydrogens is 518 g/mol. The molecule has 39 heavy (non-hydrogen) atoms. The molecule has 4 rings (SSSR count). The van der Waals surface area contributed by atoms with Crippen LogP contribution < -0.4 is 23.9 Å². The smallest absolute Gasteiger partial charge is 0.264 e. The summed E-state index contributed by atoms with van der Waals surface area (Å²) < 4.78 is 44.4. The van der Waals surface area contributed by atoms with E-state index in [2.05, 4.69) is 10.5 Å². The summed E-state index contributed by atoms with van der Waals surface area (Å²) in [5, 5.41) is 3.98. The summed E-state index contributed by atoms with van der Waals surface area (Å²) >= 11 is 0. The number of nitrogens with one attached hydrogen (secondary N) is 1. The first kappa shape index (κ1) is 27.2. The lowest BCUT2D eigenvalue weighted by molar-refractivity contribution is -0.119. The first-order valence-electron chi connectivity index (χ1n) is 11.9. The van der Waals surface area contributed by atoms with E-state index in [9.17, 15) is 13.2 Å². The van der Waals surface area contributed by atoms with Crippen molar-refractivity contribution in [1.29, 1.82) is 0 Å². The number of hydrogen-bond donors (Lipinski definition) is 1. The molecule has 4 aromatic carbocycles. The first-order valence-corrected chi connectivity index (χ1v) is 13.3. The zero-order valence-corrected chi connectivity index (χ0v) is 22.2. The Bertz CT molecular complexity index is 1530. The van der Waals surface area contributed by atoms with E-state index in [4.69, 9.17) is 14.2 Å². The van der Waals surface area contributed by atoms with E-state index in [0.717, 1.165) is 10.1 Å². The number of hydrogen-bond acceptors (Lipinski definition) is 7. The van der Waals surface area contributed by atoms with E-state index >= 15 is 0 Å². The Morgan fingerprint density at radius 1 is 0.821 bits per heavy atom. The van der Waals surface area contributed by atoms with Gasteiger partial charge in [0.25, 0.3) is 15.9 Å². The Morgan fingerprint density at radius 3 is 2.08 bits per heavy atom. The van der Waals surface area contributed by atoms with Gasteiger partial charge >= 0.3 is 0 Å². The van der Waals surface area contributed by atoms with Crippen LogP contribution in [0.4, 0.5) is 5.69 Å². The number of rotatable bonds is 11. The van der Waals surface area contributed by atoms with Crippen molar-refractivity contribution in [3.63, 3.8) is 0 Å². The number of amides is 1. The van der Waals surface area contributed by atoms with Crippen LogP contribution in [-0.4, -0.2) is 41.3 Å². The van der Waals surface area contributed by atoms with Gasteiger partial charge in [-0.25, -0.2) is 13.8 Å². The van der Waals surface area contributed by atoms with Crippen LogP contribution in [0, 0.1) is 0 Å². The molecule has 1 amide bonds. The van der Waals surface area contributed by atoms with Crippen LogP contribution in [0.1, 0.15) is 5.56 Å². The Hall–Kier alpha value is -4.83. The fourth-order valence-corrected chi connectivity index (χ4v) is 5.04. The molecule has 0 aliphatic rings. The molecular formula is C29H27N3O6S. The van der Waals surface area contributed by atoms with Gasteiger partial charge in [0.05, 0.1) is 31.0 Å². The van der Waals surface area contributed by atoms with Crippen molar-refractivity contribution in [3.05, 3.63) is 109 Å². The van der Waals surface area contributed by atoms with E-state index in [-0.39, 0.29) is 10.6 Å². The molecule has 9 nitrogen and oxygen atoms in total. The van der Waals surface area contributed by atoms with Crippen LogP contribution in [0.15, 0.2) is 113 Å². The summed E-state index contributed by atoms with van der Waals surface area (Å²) in [6.45, 7) is -0.498. The van der Waals surface area contributed by atoms with Gasteiger partial charge in [0.15, 0.2) is 11.5 Å². The fourth-order valence-electron chi connectivity index (χ4n) is 3.60. The molecule has 0 spiro atoms. The first-order chi connectivity index (χ1) is 18.9. The Balaban J connectivity index is 1.47. The van der Waals surface area contributed by atoms with E-state index in [1.165, 1.54) is 38.6 Å². The second kappa shape index (κ2) is 12.6. The molecule has 0 heterocycles. The van der Waals surface area contributed by atoms with E-state index in [0.29, 0.717) is 22.7 Å². The Labute approximate surface area is 227 Å². The molecule has 0 bridgehead atoms. The second-order valence-corrected chi connectivity index (χ2v) is 10.0. The van der Waals surface area contributed by atoms with Gasteiger partial charge in [-0.3, -0.25) is 9.10 Å². The standard InChI is InChI=1S/C29H27N3O6S/c1-36-27-18-17-26(19-28(27)37-2)39(34,35)32(23-9-5-3-6-10-23)21-29(33)31-30-20-22-13-15-25(16-14-22)38-24-11-7-4-8-12-24/h3-20H,21H2,1-2H3,(H,31,33)/b30-20-. The van der Waals surface area contributed by atoms with Crippen molar-refractivity contribution in [1.82, 2.24) is 5.43 Å². The minimum absolute atomic E-state index is 0.0573. The van der Waals surface area contributed by atoms with Gasteiger partial charge in [-0.2, -0.15) is 5.10 Å². The van der Waals surface area contributed by atoms with Crippen molar-refractivity contribution in [2.75, 3.05) is 25.1 Å². The molecule has 0 saturated heterocycles. The SMILES string of the molecule is COc1ccc(S(=O)(=O)N(CC(=O)N/N=C\c2ccc(Oc3ccccc3)cc2)c2ccccc2)cc1OC. The summed E-state index contributed by atoms with van der Waals surface area (Å²) in [5.74, 6) is 1.39. The number of methoxy groups -OCH3 is 2. The maximum Gasteiger partial charge on any atom is 0.264 e. The molecule has 0 fully saturated rings. The van der Waals surface area contributed by atoms with Crippen LogP contribution in [0.3, 0.4) is 0 Å². The summed E-state index contributed by atoms with van der Waals surface area (Å²) in [4.78, 5) is 12.7. The van der Waals surface area contributed by atoms with Gasteiger partial charge in [-0.05, 0) is 66.2 Å². The van der Waals surface area contributed by atoms with E-state index < -0.39 is 22.5 Å². The minimum atomic E-state index is -4.14. The molecule has 200 valence electrons. The van der Waals surface area contributed by atoms with Crippen LogP contribution in [0.25, 0.3) is 0 Å². The van der Waals surface area contributed by atoms with Crippen molar-refractivity contribution in [2.45, 2.75) is 4.90 Å². The van der Waals surface area contributed by atoms with Crippen molar-refractivity contribution in [2.24, 2.45) is 5.10 Å². The topological polar surface area (TPSA) is 107 Å². The quantitative estimate of drug-likeness (QED) is 0.214. The lowest BCUT2D eigenvalue weighted by Gasteiger charge is -2.24. The number of nitrogens with zero attached hydrogens (tertiary/aromatic N) is 2. The van der Waals surface area contributed by atoms with Crippen molar-refractivity contribution in [3.8, 4) is 23.0 Å². The monoisotopic (exact) mass is 545 g/mol. The zero-order valence-electron chi connectivity index (χ0n) is 21.4. The van der Waals surface area contributed by atoms with E-state index in [1.807, 2.05) is 30.3 Å². The lowest BCUT2D eigenvalue weighted by atomic mass is 10.2.